The number of aliphatic imine (C=N–C) groups is 1. The number of aliphatic hydroxyl groups excluding tert-OH is 1. The molecule has 0 saturated heterocycles. The molecule has 0 radical (unpaired) electrons. The zero-order valence-electron chi connectivity index (χ0n) is 15.7. The molecule has 0 spiro atoms. The third-order valence-corrected chi connectivity index (χ3v) is 5.61. The van der Waals surface area contributed by atoms with Gasteiger partial charge in [-0.1, -0.05) is 25.5 Å². The highest BCUT2D eigenvalue weighted by molar-refractivity contribution is 6.14. The maximum Gasteiger partial charge on any atom is 0.168 e. The molecule has 1 heterocycles. The van der Waals surface area contributed by atoms with Gasteiger partial charge in [-0.15, -0.1) is 0 Å². The van der Waals surface area contributed by atoms with E-state index in [0.717, 1.165) is 30.5 Å². The predicted octanol–water partition coefficient (Wildman–Crippen LogP) is 5.13. The van der Waals surface area contributed by atoms with Crippen molar-refractivity contribution in [2.75, 3.05) is 0 Å². The Bertz CT molecular complexity index is 946. The minimum Gasteiger partial charge on any atom is -0.511 e. The fourth-order valence-corrected chi connectivity index (χ4v) is 4.31. The van der Waals surface area contributed by atoms with Crippen LogP contribution in [0.4, 0.5) is 0 Å². The van der Waals surface area contributed by atoms with Crippen LogP contribution in [0, 0.1) is 12.3 Å². The van der Waals surface area contributed by atoms with Crippen LogP contribution in [-0.4, -0.2) is 22.1 Å². The summed E-state index contributed by atoms with van der Waals surface area (Å²) in [6.45, 7) is 6.13. The lowest BCUT2D eigenvalue weighted by Crippen LogP contribution is -2.26. The number of ketones is 1. The average molecular weight is 350 g/mol. The molecule has 2 aliphatic carbocycles. The van der Waals surface area contributed by atoms with E-state index in [9.17, 15) is 9.90 Å². The summed E-state index contributed by atoms with van der Waals surface area (Å²) in [5, 5.41) is 11.6. The summed E-state index contributed by atoms with van der Waals surface area (Å²) >= 11 is 0. The minimum absolute atomic E-state index is 0.00851. The minimum atomic E-state index is -0.175. The number of nitrogens with one attached hydrogen (secondary N) is 1. The summed E-state index contributed by atoms with van der Waals surface area (Å²) in [7, 11) is 0. The number of allylic oxidation sites excluding steroid dienone is 2. The van der Waals surface area contributed by atoms with E-state index < -0.39 is 0 Å². The smallest absolute Gasteiger partial charge is 0.168 e. The lowest BCUT2D eigenvalue weighted by Gasteiger charge is -2.28. The standard InChI is InChI=1S/C22H26N2O2/c1-13-7-8-17-15(9-13)14-5-4-6-18(21(14)24-17)23-12-16-19(25)10-22(2,3)11-20(16)26/h7-9,12,18,24-25H,4-6,10-11H2,1-3H3/t18-/m0/s1. The molecule has 0 saturated carbocycles. The lowest BCUT2D eigenvalue weighted by molar-refractivity contribution is -0.117. The van der Waals surface area contributed by atoms with Gasteiger partial charge in [0.1, 0.15) is 5.76 Å². The number of carbonyl (C=O) groups excluding carboxylic acids is 1. The maximum atomic E-state index is 12.4. The van der Waals surface area contributed by atoms with Gasteiger partial charge >= 0.3 is 0 Å². The van der Waals surface area contributed by atoms with E-state index in [2.05, 4.69) is 30.1 Å². The summed E-state index contributed by atoms with van der Waals surface area (Å²) in [6, 6.07) is 6.51. The van der Waals surface area contributed by atoms with Gasteiger partial charge in [0.2, 0.25) is 0 Å². The molecule has 136 valence electrons. The summed E-state index contributed by atoms with van der Waals surface area (Å²) in [4.78, 5) is 20.7. The molecule has 0 unspecified atom stereocenters. The number of fused-ring (bicyclic) bond motifs is 3. The number of rotatable bonds is 2. The van der Waals surface area contributed by atoms with Gasteiger partial charge in [0, 0.05) is 35.7 Å². The van der Waals surface area contributed by atoms with Crippen LogP contribution in [0.3, 0.4) is 0 Å². The molecule has 2 aliphatic rings. The number of carbonyl (C=O) groups is 1. The van der Waals surface area contributed by atoms with Crippen LogP contribution >= 0.6 is 0 Å². The normalized spacial score (nSPS) is 23.0. The molecule has 0 aliphatic heterocycles. The van der Waals surface area contributed by atoms with Crippen molar-refractivity contribution in [3.8, 4) is 0 Å². The van der Waals surface area contributed by atoms with Crippen molar-refractivity contribution < 1.29 is 9.90 Å². The van der Waals surface area contributed by atoms with Crippen LogP contribution in [0.15, 0.2) is 34.5 Å². The Morgan fingerprint density at radius 2 is 2.12 bits per heavy atom. The number of Topliss-reactive ketones (excluding diaryl/α,β-unsaturated/α-hetero) is 1. The van der Waals surface area contributed by atoms with Crippen molar-refractivity contribution >= 4 is 22.9 Å². The zero-order chi connectivity index (χ0) is 18.5. The molecule has 1 aromatic heterocycles. The van der Waals surface area contributed by atoms with Gasteiger partial charge in [0.25, 0.3) is 0 Å². The van der Waals surface area contributed by atoms with Crippen molar-refractivity contribution in [3.63, 3.8) is 0 Å². The van der Waals surface area contributed by atoms with Crippen molar-refractivity contribution in [2.24, 2.45) is 10.4 Å². The van der Waals surface area contributed by atoms with Gasteiger partial charge in [0.15, 0.2) is 5.78 Å². The fraction of sp³-hybridized carbons (Fsp3) is 0.455. The molecular weight excluding hydrogens is 324 g/mol. The Morgan fingerprint density at radius 3 is 2.88 bits per heavy atom. The van der Waals surface area contributed by atoms with Gasteiger partial charge in [-0.05, 0) is 49.3 Å². The Kier molecular flexibility index (Phi) is 4.02. The number of hydrogen-bond donors (Lipinski definition) is 2. The topological polar surface area (TPSA) is 65.4 Å². The van der Waals surface area contributed by atoms with Crippen molar-refractivity contribution in [2.45, 2.75) is 58.9 Å². The Balaban J connectivity index is 1.68. The number of benzene rings is 1. The third-order valence-electron chi connectivity index (χ3n) is 5.61. The molecule has 0 bridgehead atoms. The summed E-state index contributed by atoms with van der Waals surface area (Å²) in [5.74, 6) is 0.170. The van der Waals surface area contributed by atoms with Crippen molar-refractivity contribution in [3.05, 3.63) is 46.4 Å². The monoisotopic (exact) mass is 350 g/mol. The molecule has 1 aromatic carbocycles. The first kappa shape index (κ1) is 17.1. The van der Waals surface area contributed by atoms with Crippen LogP contribution in [0.2, 0.25) is 0 Å². The Morgan fingerprint density at radius 1 is 1.31 bits per heavy atom. The number of aromatic amines is 1. The van der Waals surface area contributed by atoms with Gasteiger partial charge < -0.3 is 10.1 Å². The molecule has 4 heteroatoms. The van der Waals surface area contributed by atoms with E-state index in [4.69, 9.17) is 4.99 Å². The van der Waals surface area contributed by atoms with Gasteiger partial charge in [-0.25, -0.2) is 0 Å². The highest BCUT2D eigenvalue weighted by Gasteiger charge is 2.32. The Labute approximate surface area is 154 Å². The highest BCUT2D eigenvalue weighted by Crippen LogP contribution is 2.38. The summed E-state index contributed by atoms with van der Waals surface area (Å²) in [5.41, 5.74) is 5.15. The van der Waals surface area contributed by atoms with Crippen LogP contribution in [0.25, 0.3) is 10.9 Å². The quantitative estimate of drug-likeness (QED) is 0.738. The molecule has 4 rings (SSSR count). The number of aromatic nitrogens is 1. The molecular formula is C22H26N2O2. The third kappa shape index (κ3) is 2.98. The molecule has 4 nitrogen and oxygen atoms in total. The van der Waals surface area contributed by atoms with Crippen LogP contribution < -0.4 is 0 Å². The van der Waals surface area contributed by atoms with E-state index in [1.807, 2.05) is 13.8 Å². The first-order valence-electron chi connectivity index (χ1n) is 9.44. The number of H-pyrrole nitrogens is 1. The van der Waals surface area contributed by atoms with E-state index in [0.29, 0.717) is 18.4 Å². The molecule has 2 aromatic rings. The van der Waals surface area contributed by atoms with Gasteiger partial charge in [-0.3, -0.25) is 9.79 Å². The first-order chi connectivity index (χ1) is 12.3. The zero-order valence-corrected chi connectivity index (χ0v) is 15.7. The second-order valence-corrected chi connectivity index (χ2v) is 8.55. The van der Waals surface area contributed by atoms with E-state index in [-0.39, 0.29) is 23.0 Å². The van der Waals surface area contributed by atoms with Crippen LogP contribution in [0.5, 0.6) is 0 Å². The summed E-state index contributed by atoms with van der Waals surface area (Å²) in [6.07, 6.45) is 5.71. The Hall–Kier alpha value is -2.36. The van der Waals surface area contributed by atoms with E-state index in [1.54, 1.807) is 6.21 Å². The number of nitrogens with zero attached hydrogens (tertiary/aromatic N) is 1. The number of hydrogen-bond acceptors (Lipinski definition) is 3. The van der Waals surface area contributed by atoms with Crippen LogP contribution in [-0.2, 0) is 11.2 Å². The van der Waals surface area contributed by atoms with Crippen LogP contribution in [0.1, 0.15) is 62.4 Å². The maximum absolute atomic E-state index is 12.4. The SMILES string of the molecule is Cc1ccc2[nH]c3c(c2c1)CCC[C@@H]3N=CC1=C(O)CC(C)(C)CC1=O. The average Bonchev–Trinajstić information content (AvgIpc) is 2.92. The largest absolute Gasteiger partial charge is 0.511 e. The van der Waals surface area contributed by atoms with Crippen molar-refractivity contribution in [1.29, 1.82) is 0 Å². The molecule has 2 N–H and O–H groups in total. The molecule has 0 amide bonds. The highest BCUT2D eigenvalue weighted by atomic mass is 16.3. The number of aliphatic hydroxyl groups is 1. The van der Waals surface area contributed by atoms with Crippen molar-refractivity contribution in [1.82, 2.24) is 4.98 Å². The molecule has 1 atom stereocenters. The molecule has 26 heavy (non-hydrogen) atoms. The predicted molar refractivity (Wildman–Crippen MR) is 105 cm³/mol. The second-order valence-electron chi connectivity index (χ2n) is 8.55. The van der Waals surface area contributed by atoms with E-state index in [1.165, 1.54) is 16.5 Å². The molecule has 0 fully saturated rings. The summed E-state index contributed by atoms with van der Waals surface area (Å²) < 4.78 is 0. The second kappa shape index (κ2) is 6.11. The van der Waals surface area contributed by atoms with E-state index >= 15 is 0 Å². The first-order valence-corrected chi connectivity index (χ1v) is 9.44. The number of aryl methyl sites for hydroxylation is 2. The van der Waals surface area contributed by atoms with Gasteiger partial charge in [-0.2, -0.15) is 0 Å². The fourth-order valence-electron chi connectivity index (χ4n) is 4.31. The van der Waals surface area contributed by atoms with Gasteiger partial charge in [0.05, 0.1) is 11.6 Å². The lowest BCUT2D eigenvalue weighted by atomic mass is 9.77.